The number of rotatable bonds is 5. The Labute approximate surface area is 138 Å². The summed E-state index contributed by atoms with van der Waals surface area (Å²) in [6.07, 6.45) is 2.35. The number of carbonyl (C=O) groups excluding carboxylic acids is 1. The lowest BCUT2D eigenvalue weighted by Gasteiger charge is -2.18. The molecule has 126 valence electrons. The number of amides is 1. The zero-order valence-corrected chi connectivity index (χ0v) is 13.3. The predicted octanol–water partition coefficient (Wildman–Crippen LogP) is 0.179. The van der Waals surface area contributed by atoms with Crippen molar-refractivity contribution in [1.82, 2.24) is 14.9 Å². The number of benzene rings is 1. The van der Waals surface area contributed by atoms with E-state index >= 15 is 0 Å². The van der Waals surface area contributed by atoms with Gasteiger partial charge in [0.2, 0.25) is 5.91 Å². The van der Waals surface area contributed by atoms with Crippen molar-refractivity contribution in [2.45, 2.75) is 13.0 Å². The molecule has 0 unspecified atom stereocenters. The number of aromatic nitrogens is 2. The fraction of sp³-hybridized carbons (Fsp3) is 0.353. The number of para-hydroxylation sites is 1. The average molecular weight is 328 g/mol. The second kappa shape index (κ2) is 7.16. The SMILES string of the molecule is O=C(Cn1ccc(=O)[nH]c1=O)NC[C@@H]1CCN(c2ccccc2)C1. The third-order valence-electron chi connectivity index (χ3n) is 4.21. The zero-order valence-electron chi connectivity index (χ0n) is 13.3. The van der Waals surface area contributed by atoms with Gasteiger partial charge in [0.15, 0.2) is 0 Å². The Bertz CT molecular complexity index is 812. The number of nitrogens with one attached hydrogen (secondary N) is 2. The first-order valence-electron chi connectivity index (χ1n) is 7.98. The predicted molar refractivity (Wildman–Crippen MR) is 91.1 cm³/mol. The molecule has 2 N–H and O–H groups in total. The number of anilines is 1. The largest absolute Gasteiger partial charge is 0.371 e. The van der Waals surface area contributed by atoms with Crippen molar-refractivity contribution in [2.75, 3.05) is 24.5 Å². The van der Waals surface area contributed by atoms with Crippen LogP contribution in [0.3, 0.4) is 0 Å². The van der Waals surface area contributed by atoms with Gasteiger partial charge in [0.05, 0.1) is 0 Å². The Balaban J connectivity index is 1.49. The van der Waals surface area contributed by atoms with Crippen molar-refractivity contribution in [1.29, 1.82) is 0 Å². The van der Waals surface area contributed by atoms with E-state index in [0.29, 0.717) is 12.5 Å². The van der Waals surface area contributed by atoms with Crippen molar-refractivity contribution >= 4 is 11.6 Å². The van der Waals surface area contributed by atoms with Gasteiger partial charge in [-0.05, 0) is 24.5 Å². The number of H-pyrrole nitrogens is 1. The normalized spacial score (nSPS) is 17.0. The average Bonchev–Trinajstić information content (AvgIpc) is 3.05. The standard InChI is InChI=1S/C17H20N4O3/c22-15-7-9-21(17(24)19-15)12-16(23)18-10-13-6-8-20(11-13)14-4-2-1-3-5-14/h1-5,7,9,13H,6,8,10-12H2,(H,18,23)(H,19,22,24)/t13-/m0/s1. The van der Waals surface area contributed by atoms with E-state index in [0.717, 1.165) is 19.5 Å². The lowest BCUT2D eigenvalue weighted by atomic mass is 10.1. The van der Waals surface area contributed by atoms with Crippen LogP contribution in [0.4, 0.5) is 5.69 Å². The molecule has 1 saturated heterocycles. The second-order valence-corrected chi connectivity index (χ2v) is 5.98. The van der Waals surface area contributed by atoms with Crippen molar-refractivity contribution < 1.29 is 4.79 Å². The molecule has 0 aliphatic carbocycles. The summed E-state index contributed by atoms with van der Waals surface area (Å²) < 4.78 is 1.18. The van der Waals surface area contributed by atoms with Crippen molar-refractivity contribution in [2.24, 2.45) is 5.92 Å². The highest BCUT2D eigenvalue weighted by atomic mass is 16.2. The summed E-state index contributed by atoms with van der Waals surface area (Å²) in [7, 11) is 0. The van der Waals surface area contributed by atoms with Crippen LogP contribution in [0, 0.1) is 5.92 Å². The molecular formula is C17H20N4O3. The lowest BCUT2D eigenvalue weighted by Crippen LogP contribution is -2.37. The summed E-state index contributed by atoms with van der Waals surface area (Å²) in [5, 5.41) is 2.87. The third kappa shape index (κ3) is 3.92. The molecule has 2 aromatic rings. The molecule has 1 aliphatic rings. The van der Waals surface area contributed by atoms with E-state index < -0.39 is 11.2 Å². The summed E-state index contributed by atoms with van der Waals surface area (Å²) >= 11 is 0. The second-order valence-electron chi connectivity index (χ2n) is 5.98. The van der Waals surface area contributed by atoms with E-state index in [9.17, 15) is 14.4 Å². The highest BCUT2D eigenvalue weighted by Gasteiger charge is 2.22. The van der Waals surface area contributed by atoms with E-state index in [1.165, 1.54) is 22.5 Å². The Kier molecular flexibility index (Phi) is 4.79. The summed E-state index contributed by atoms with van der Waals surface area (Å²) in [4.78, 5) is 39.0. The smallest absolute Gasteiger partial charge is 0.328 e. The molecule has 1 aromatic heterocycles. The maximum Gasteiger partial charge on any atom is 0.328 e. The van der Waals surface area contributed by atoms with E-state index in [2.05, 4.69) is 27.3 Å². The van der Waals surface area contributed by atoms with E-state index in [1.54, 1.807) is 0 Å². The first kappa shape index (κ1) is 16.0. The monoisotopic (exact) mass is 328 g/mol. The molecular weight excluding hydrogens is 308 g/mol. The minimum Gasteiger partial charge on any atom is -0.371 e. The van der Waals surface area contributed by atoms with Gasteiger partial charge >= 0.3 is 5.69 Å². The number of aromatic amines is 1. The number of hydrogen-bond donors (Lipinski definition) is 2. The minimum absolute atomic E-state index is 0.0925. The topological polar surface area (TPSA) is 87.2 Å². The van der Waals surface area contributed by atoms with Gasteiger partial charge < -0.3 is 10.2 Å². The van der Waals surface area contributed by atoms with Crippen LogP contribution in [0.2, 0.25) is 0 Å². The van der Waals surface area contributed by atoms with Gasteiger partial charge in [0.25, 0.3) is 5.56 Å². The van der Waals surface area contributed by atoms with Crippen LogP contribution in [0.5, 0.6) is 0 Å². The molecule has 24 heavy (non-hydrogen) atoms. The molecule has 1 amide bonds. The Morgan fingerprint density at radius 3 is 2.75 bits per heavy atom. The van der Waals surface area contributed by atoms with E-state index in [4.69, 9.17) is 0 Å². The van der Waals surface area contributed by atoms with Crippen LogP contribution in [0.25, 0.3) is 0 Å². The van der Waals surface area contributed by atoms with Crippen LogP contribution in [0.1, 0.15) is 6.42 Å². The summed E-state index contributed by atoms with van der Waals surface area (Å²) in [5.41, 5.74) is 0.156. The molecule has 7 nitrogen and oxygen atoms in total. The maximum atomic E-state index is 12.0. The van der Waals surface area contributed by atoms with Gasteiger partial charge in [-0.1, -0.05) is 18.2 Å². The number of hydrogen-bond acceptors (Lipinski definition) is 4. The molecule has 1 aliphatic heterocycles. The van der Waals surface area contributed by atoms with Gasteiger partial charge in [-0.3, -0.25) is 19.1 Å². The van der Waals surface area contributed by atoms with Crippen LogP contribution >= 0.6 is 0 Å². The Hall–Kier alpha value is -2.83. The Morgan fingerprint density at radius 2 is 2.00 bits per heavy atom. The zero-order chi connectivity index (χ0) is 16.9. The molecule has 7 heteroatoms. The summed E-state index contributed by atoms with van der Waals surface area (Å²) in [6, 6.07) is 11.4. The quantitative estimate of drug-likeness (QED) is 0.820. The van der Waals surface area contributed by atoms with E-state index in [-0.39, 0.29) is 12.5 Å². The fourth-order valence-corrected chi connectivity index (χ4v) is 2.91. The molecule has 0 radical (unpaired) electrons. The molecule has 1 atom stereocenters. The molecule has 0 saturated carbocycles. The number of nitrogens with zero attached hydrogens (tertiary/aromatic N) is 2. The van der Waals surface area contributed by atoms with Gasteiger partial charge in [-0.15, -0.1) is 0 Å². The molecule has 3 rings (SSSR count). The first-order chi connectivity index (χ1) is 11.6. The minimum atomic E-state index is -0.575. The van der Waals surface area contributed by atoms with Crippen LogP contribution in [0.15, 0.2) is 52.2 Å². The summed E-state index contributed by atoms with van der Waals surface area (Å²) in [5.74, 6) is 0.156. The molecule has 1 aromatic carbocycles. The van der Waals surface area contributed by atoms with E-state index in [1.807, 2.05) is 18.2 Å². The van der Waals surface area contributed by atoms with Crippen LogP contribution in [-0.4, -0.2) is 35.1 Å². The van der Waals surface area contributed by atoms with Crippen molar-refractivity contribution in [3.63, 3.8) is 0 Å². The highest BCUT2D eigenvalue weighted by Crippen LogP contribution is 2.22. The molecule has 0 bridgehead atoms. The highest BCUT2D eigenvalue weighted by molar-refractivity contribution is 5.75. The third-order valence-corrected chi connectivity index (χ3v) is 4.21. The van der Waals surface area contributed by atoms with Gasteiger partial charge in [0, 0.05) is 37.6 Å². The van der Waals surface area contributed by atoms with Crippen LogP contribution in [-0.2, 0) is 11.3 Å². The molecule has 0 spiro atoms. The van der Waals surface area contributed by atoms with Crippen LogP contribution < -0.4 is 21.5 Å². The Morgan fingerprint density at radius 1 is 1.21 bits per heavy atom. The van der Waals surface area contributed by atoms with Crippen molar-refractivity contribution in [3.05, 3.63) is 63.4 Å². The first-order valence-corrected chi connectivity index (χ1v) is 7.98. The number of carbonyl (C=O) groups is 1. The lowest BCUT2D eigenvalue weighted by molar-refractivity contribution is -0.121. The van der Waals surface area contributed by atoms with Crippen molar-refractivity contribution in [3.8, 4) is 0 Å². The fourth-order valence-electron chi connectivity index (χ4n) is 2.91. The maximum absolute atomic E-state index is 12.0. The van der Waals surface area contributed by atoms with Gasteiger partial charge in [0.1, 0.15) is 6.54 Å². The molecule has 1 fully saturated rings. The van der Waals surface area contributed by atoms with Gasteiger partial charge in [-0.25, -0.2) is 4.79 Å². The van der Waals surface area contributed by atoms with Gasteiger partial charge in [-0.2, -0.15) is 0 Å². The summed E-state index contributed by atoms with van der Waals surface area (Å²) in [6.45, 7) is 2.37. The molecule has 2 heterocycles.